The number of nitrogens with zero attached hydrogens (tertiary/aromatic N) is 1. The van der Waals surface area contributed by atoms with Gasteiger partial charge in [-0.3, -0.25) is 0 Å². The maximum atomic E-state index is 12.4. The molecule has 0 aromatic rings. The van der Waals surface area contributed by atoms with Crippen molar-refractivity contribution < 1.29 is 9.53 Å². The fourth-order valence-electron chi connectivity index (χ4n) is 2.74. The number of carbonyl (C=O) groups is 1. The van der Waals surface area contributed by atoms with Gasteiger partial charge in [-0.2, -0.15) is 0 Å². The molecule has 0 spiro atoms. The Morgan fingerprint density at radius 3 is 2.35 bits per heavy atom. The molecule has 0 aromatic heterocycles. The molecule has 0 heterocycles. The first kappa shape index (κ1) is 16.8. The number of ether oxygens (including phenoxy) is 1. The molecule has 1 amide bonds. The Labute approximate surface area is 123 Å². The molecule has 0 bridgehead atoms. The second-order valence-corrected chi connectivity index (χ2v) is 6.43. The summed E-state index contributed by atoms with van der Waals surface area (Å²) in [5.74, 6) is 0.419. The topological polar surface area (TPSA) is 29.5 Å². The van der Waals surface area contributed by atoms with E-state index in [0.717, 1.165) is 18.4 Å². The molecule has 1 aliphatic rings. The minimum Gasteiger partial charge on any atom is -0.442 e. The zero-order chi connectivity index (χ0) is 15.4. The van der Waals surface area contributed by atoms with E-state index in [4.69, 9.17) is 4.74 Å². The van der Waals surface area contributed by atoms with Crippen molar-refractivity contribution in [2.45, 2.75) is 72.6 Å². The van der Waals surface area contributed by atoms with Crippen LogP contribution in [0.1, 0.15) is 54.4 Å². The molecule has 3 heteroatoms. The summed E-state index contributed by atoms with van der Waals surface area (Å²) >= 11 is 0. The summed E-state index contributed by atoms with van der Waals surface area (Å²) in [6, 6.07) is 0.291. The van der Waals surface area contributed by atoms with Gasteiger partial charge in [-0.25, -0.2) is 4.79 Å². The first-order valence-electron chi connectivity index (χ1n) is 7.55. The standard InChI is InChI=1S/C17H29NO2/c1-11(2)15-9-8-14(7)16(10-15)20-17(19)18(12(3)4)13(5)6/h8,12-13,15-16H,1,9-10H2,2-7H3/t15-,16-/m1/s1. The maximum Gasteiger partial charge on any atom is 0.410 e. The lowest BCUT2D eigenvalue weighted by Gasteiger charge is -2.34. The Balaban J connectivity index is 2.75. The number of hydrogen-bond acceptors (Lipinski definition) is 2. The highest BCUT2D eigenvalue weighted by molar-refractivity contribution is 5.68. The van der Waals surface area contributed by atoms with Gasteiger partial charge in [0, 0.05) is 12.1 Å². The van der Waals surface area contributed by atoms with E-state index in [2.05, 4.69) is 12.7 Å². The average molecular weight is 279 g/mol. The molecule has 0 aromatic carbocycles. The molecule has 2 atom stereocenters. The zero-order valence-corrected chi connectivity index (χ0v) is 13.8. The summed E-state index contributed by atoms with van der Waals surface area (Å²) in [7, 11) is 0. The van der Waals surface area contributed by atoms with Crippen LogP contribution >= 0.6 is 0 Å². The van der Waals surface area contributed by atoms with E-state index in [9.17, 15) is 4.79 Å². The quantitative estimate of drug-likeness (QED) is 0.707. The van der Waals surface area contributed by atoms with Gasteiger partial charge in [0.1, 0.15) is 6.10 Å². The van der Waals surface area contributed by atoms with Gasteiger partial charge >= 0.3 is 6.09 Å². The molecule has 0 radical (unpaired) electrons. The van der Waals surface area contributed by atoms with Gasteiger partial charge in [0.15, 0.2) is 0 Å². The fraction of sp³-hybridized carbons (Fsp3) is 0.706. The van der Waals surface area contributed by atoms with E-state index >= 15 is 0 Å². The molecule has 0 saturated carbocycles. The number of carbonyl (C=O) groups excluding carboxylic acids is 1. The Bertz CT molecular complexity index is 388. The predicted molar refractivity (Wildman–Crippen MR) is 83.7 cm³/mol. The molecule has 0 saturated heterocycles. The van der Waals surface area contributed by atoms with Crippen molar-refractivity contribution in [1.82, 2.24) is 4.90 Å². The Kier molecular flexibility index (Phi) is 5.85. The smallest absolute Gasteiger partial charge is 0.410 e. The van der Waals surface area contributed by atoms with E-state index in [1.54, 1.807) is 4.90 Å². The van der Waals surface area contributed by atoms with Crippen LogP contribution in [0.3, 0.4) is 0 Å². The van der Waals surface area contributed by atoms with Crippen LogP contribution in [0.5, 0.6) is 0 Å². The van der Waals surface area contributed by atoms with Crippen molar-refractivity contribution >= 4 is 6.09 Å². The highest BCUT2D eigenvalue weighted by atomic mass is 16.6. The van der Waals surface area contributed by atoms with Gasteiger partial charge in [0.25, 0.3) is 0 Å². The molecule has 0 fully saturated rings. The minimum atomic E-state index is -0.213. The largest absolute Gasteiger partial charge is 0.442 e. The molecule has 20 heavy (non-hydrogen) atoms. The van der Waals surface area contributed by atoms with Crippen molar-refractivity contribution in [2.24, 2.45) is 5.92 Å². The molecule has 0 unspecified atom stereocenters. The summed E-state index contributed by atoms with van der Waals surface area (Å²) < 4.78 is 5.75. The highest BCUT2D eigenvalue weighted by Gasteiger charge is 2.29. The van der Waals surface area contributed by atoms with Crippen molar-refractivity contribution in [3.63, 3.8) is 0 Å². The first-order valence-corrected chi connectivity index (χ1v) is 7.55. The summed E-state index contributed by atoms with van der Waals surface area (Å²) in [5.41, 5.74) is 2.32. The number of rotatable bonds is 4. The van der Waals surface area contributed by atoms with E-state index in [0.29, 0.717) is 5.92 Å². The van der Waals surface area contributed by atoms with Gasteiger partial charge in [0.2, 0.25) is 0 Å². The maximum absolute atomic E-state index is 12.4. The van der Waals surface area contributed by atoms with Crippen LogP contribution in [0.15, 0.2) is 23.8 Å². The van der Waals surface area contributed by atoms with Crippen molar-refractivity contribution in [2.75, 3.05) is 0 Å². The fourth-order valence-corrected chi connectivity index (χ4v) is 2.74. The van der Waals surface area contributed by atoms with Crippen molar-refractivity contribution in [1.29, 1.82) is 0 Å². The SMILES string of the molecule is C=C(C)[C@@H]1CC=C(C)[C@H](OC(=O)N(C(C)C)C(C)C)C1. The molecular weight excluding hydrogens is 250 g/mol. The third-order valence-electron chi connectivity index (χ3n) is 3.99. The second-order valence-electron chi connectivity index (χ2n) is 6.43. The Morgan fingerprint density at radius 1 is 1.35 bits per heavy atom. The lowest BCUT2D eigenvalue weighted by atomic mass is 9.84. The Morgan fingerprint density at radius 2 is 1.90 bits per heavy atom. The molecule has 1 rings (SSSR count). The molecule has 0 aliphatic heterocycles. The lowest BCUT2D eigenvalue weighted by molar-refractivity contribution is 0.0482. The normalized spacial score (nSPS) is 22.7. The Hall–Kier alpha value is -1.25. The summed E-state index contributed by atoms with van der Waals surface area (Å²) in [6.45, 7) is 16.2. The van der Waals surface area contributed by atoms with Crippen LogP contribution in [0.25, 0.3) is 0 Å². The van der Waals surface area contributed by atoms with Crippen molar-refractivity contribution in [3.05, 3.63) is 23.8 Å². The van der Waals surface area contributed by atoms with Crippen LogP contribution in [0.4, 0.5) is 4.79 Å². The molecule has 3 nitrogen and oxygen atoms in total. The van der Waals surface area contributed by atoms with Gasteiger partial charge < -0.3 is 9.64 Å². The van der Waals surface area contributed by atoms with Crippen LogP contribution < -0.4 is 0 Å². The molecule has 114 valence electrons. The minimum absolute atomic E-state index is 0.113. The van der Waals surface area contributed by atoms with Crippen LogP contribution in [-0.2, 0) is 4.74 Å². The van der Waals surface area contributed by atoms with Gasteiger partial charge in [-0.1, -0.05) is 18.2 Å². The van der Waals surface area contributed by atoms with Crippen LogP contribution in [0, 0.1) is 5.92 Å². The van der Waals surface area contributed by atoms with Crippen LogP contribution in [-0.4, -0.2) is 29.2 Å². The van der Waals surface area contributed by atoms with Gasteiger partial charge in [-0.05, 0) is 65.9 Å². The average Bonchev–Trinajstić information content (AvgIpc) is 2.30. The summed E-state index contributed by atoms with van der Waals surface area (Å²) in [5, 5.41) is 0. The predicted octanol–water partition coefficient (Wildman–Crippen LogP) is 4.54. The summed E-state index contributed by atoms with van der Waals surface area (Å²) in [6.07, 6.45) is 3.71. The second kappa shape index (κ2) is 6.96. The molecule has 1 aliphatic carbocycles. The van der Waals surface area contributed by atoms with Crippen LogP contribution in [0.2, 0.25) is 0 Å². The number of allylic oxidation sites excluding steroid dienone is 2. The zero-order valence-electron chi connectivity index (χ0n) is 13.8. The van der Waals surface area contributed by atoms with E-state index in [1.165, 1.54) is 5.57 Å². The molecule has 0 N–H and O–H groups in total. The molecular formula is C17H29NO2. The van der Waals surface area contributed by atoms with E-state index in [1.807, 2.05) is 41.5 Å². The first-order chi connectivity index (χ1) is 9.23. The van der Waals surface area contributed by atoms with E-state index in [-0.39, 0.29) is 24.3 Å². The van der Waals surface area contributed by atoms with E-state index < -0.39 is 0 Å². The third kappa shape index (κ3) is 4.12. The monoisotopic (exact) mass is 279 g/mol. The van der Waals surface area contributed by atoms with Gasteiger partial charge in [-0.15, -0.1) is 0 Å². The summed E-state index contributed by atoms with van der Waals surface area (Å²) in [4.78, 5) is 14.2. The van der Waals surface area contributed by atoms with Gasteiger partial charge in [0.05, 0.1) is 0 Å². The number of hydrogen-bond donors (Lipinski definition) is 0. The lowest BCUT2D eigenvalue weighted by Crippen LogP contribution is -2.44. The number of amides is 1. The highest BCUT2D eigenvalue weighted by Crippen LogP contribution is 2.30. The third-order valence-corrected chi connectivity index (χ3v) is 3.99. The van der Waals surface area contributed by atoms with Crippen molar-refractivity contribution in [3.8, 4) is 0 Å².